The van der Waals surface area contributed by atoms with Crippen molar-refractivity contribution in [3.8, 4) is 5.75 Å². The monoisotopic (exact) mass is 667 g/mol. The molecule has 2 aromatic carbocycles. The highest BCUT2D eigenvalue weighted by molar-refractivity contribution is 5.95. The lowest BCUT2D eigenvalue weighted by Gasteiger charge is -2.45. The maximum absolute atomic E-state index is 14.8. The number of ether oxygens (including phenoxy) is 2. The van der Waals surface area contributed by atoms with Crippen LogP contribution in [0.1, 0.15) is 112 Å². The summed E-state index contributed by atoms with van der Waals surface area (Å²) in [5.74, 6) is -2.01. The third-order valence-electron chi connectivity index (χ3n) is 7.81. The van der Waals surface area contributed by atoms with Gasteiger partial charge in [-0.3, -0.25) is 9.59 Å². The van der Waals surface area contributed by atoms with Gasteiger partial charge in [0.1, 0.15) is 35.1 Å². The number of aromatic hydroxyl groups is 1. The molecule has 0 saturated carbocycles. The Morgan fingerprint density at radius 1 is 0.812 bits per heavy atom. The van der Waals surface area contributed by atoms with Crippen molar-refractivity contribution in [3.05, 3.63) is 65.2 Å². The SMILES string of the molecule is CCC(C)(C)N(C(=O)C(CC(C)C)NC(=O)OC(C)(C)C)C(C(=O)NC(Cc1ccccc1)C(=O)OC(C)(C)C)c1cccc(C)c1O. The van der Waals surface area contributed by atoms with E-state index >= 15 is 0 Å². The van der Waals surface area contributed by atoms with Crippen LogP contribution < -0.4 is 10.6 Å². The molecule has 0 fully saturated rings. The number of phenols is 1. The van der Waals surface area contributed by atoms with Crippen LogP contribution in [0.5, 0.6) is 5.75 Å². The first-order valence-corrected chi connectivity index (χ1v) is 16.7. The molecule has 3 unspecified atom stereocenters. The maximum Gasteiger partial charge on any atom is 0.408 e. The number of amides is 3. The second-order valence-corrected chi connectivity index (χ2v) is 15.4. The Kier molecular flexibility index (Phi) is 13.7. The fourth-order valence-corrected chi connectivity index (χ4v) is 5.22. The molecule has 3 amide bonds. The second kappa shape index (κ2) is 16.3. The summed E-state index contributed by atoms with van der Waals surface area (Å²) in [6.45, 7) is 21.5. The van der Waals surface area contributed by atoms with Crippen LogP contribution in [0, 0.1) is 12.8 Å². The lowest BCUT2D eigenvalue weighted by molar-refractivity contribution is -0.159. The van der Waals surface area contributed by atoms with Crippen LogP contribution in [0.15, 0.2) is 48.5 Å². The normalized spacial score (nSPS) is 14.0. The first-order valence-electron chi connectivity index (χ1n) is 16.7. The van der Waals surface area contributed by atoms with Crippen LogP contribution in [0.4, 0.5) is 4.79 Å². The van der Waals surface area contributed by atoms with Gasteiger partial charge >= 0.3 is 12.1 Å². The molecule has 0 radical (unpaired) electrons. The van der Waals surface area contributed by atoms with E-state index in [1.54, 1.807) is 66.7 Å². The third-order valence-corrected chi connectivity index (χ3v) is 7.81. The zero-order valence-corrected chi connectivity index (χ0v) is 30.9. The van der Waals surface area contributed by atoms with Gasteiger partial charge in [0.05, 0.1) is 0 Å². The van der Waals surface area contributed by atoms with Gasteiger partial charge in [-0.15, -0.1) is 0 Å². The first-order chi connectivity index (χ1) is 22.1. The number of alkyl carbamates (subject to hydrolysis) is 1. The number of hydrogen-bond donors (Lipinski definition) is 3. The average Bonchev–Trinajstić information content (AvgIpc) is 2.94. The smallest absolute Gasteiger partial charge is 0.408 e. The summed E-state index contributed by atoms with van der Waals surface area (Å²) in [6.07, 6.45) is 0.0601. The Hall–Kier alpha value is -4.08. The third kappa shape index (κ3) is 11.9. The molecule has 0 aliphatic heterocycles. The lowest BCUT2D eigenvalue weighted by Crippen LogP contribution is -2.60. The number of carbonyl (C=O) groups is 4. The number of hydrogen-bond acceptors (Lipinski definition) is 7. The molecule has 0 spiro atoms. The minimum atomic E-state index is -1.39. The van der Waals surface area contributed by atoms with Crippen LogP contribution >= 0.6 is 0 Å². The Morgan fingerprint density at radius 2 is 1.40 bits per heavy atom. The maximum atomic E-state index is 14.8. The number of para-hydroxylation sites is 1. The van der Waals surface area contributed by atoms with Crippen molar-refractivity contribution in [2.75, 3.05) is 0 Å². The number of carbonyl (C=O) groups excluding carboxylic acids is 4. The van der Waals surface area contributed by atoms with Gasteiger partial charge in [-0.25, -0.2) is 9.59 Å². The molecular formula is C38H57N3O7. The molecule has 3 atom stereocenters. The van der Waals surface area contributed by atoms with E-state index in [0.29, 0.717) is 12.0 Å². The summed E-state index contributed by atoms with van der Waals surface area (Å²) in [7, 11) is 0. The number of esters is 1. The van der Waals surface area contributed by atoms with Crippen LogP contribution in [-0.2, 0) is 30.3 Å². The minimum Gasteiger partial charge on any atom is -0.507 e. The molecule has 0 saturated heterocycles. The van der Waals surface area contributed by atoms with Gasteiger partial charge in [-0.1, -0.05) is 69.3 Å². The lowest BCUT2D eigenvalue weighted by atomic mass is 9.89. The van der Waals surface area contributed by atoms with E-state index in [9.17, 15) is 24.3 Å². The largest absolute Gasteiger partial charge is 0.507 e. The minimum absolute atomic E-state index is 0.0115. The number of phenolic OH excluding ortho intramolecular Hbond substituents is 1. The fourth-order valence-electron chi connectivity index (χ4n) is 5.22. The molecule has 10 heteroatoms. The van der Waals surface area contributed by atoms with Crippen LogP contribution in [0.2, 0.25) is 0 Å². The number of nitrogens with one attached hydrogen (secondary N) is 2. The standard InChI is InChI=1S/C38H57N3O7/c1-13-38(11,12)41(33(44)28(22-24(2)3)40-35(46)48-37(8,9)10)30(27-21-17-18-25(4)31(27)42)32(43)39-29(34(45)47-36(5,6)7)23-26-19-15-14-16-20-26/h14-21,24,28-30,42H,13,22-23H2,1-12H3,(H,39,43)(H,40,46). The molecule has 0 aliphatic carbocycles. The highest BCUT2D eigenvalue weighted by atomic mass is 16.6. The van der Waals surface area contributed by atoms with Gasteiger partial charge in [-0.05, 0) is 92.2 Å². The van der Waals surface area contributed by atoms with E-state index in [2.05, 4.69) is 10.6 Å². The first kappa shape index (κ1) is 40.1. The van der Waals surface area contributed by atoms with Crippen molar-refractivity contribution in [3.63, 3.8) is 0 Å². The molecule has 266 valence electrons. The molecule has 0 aromatic heterocycles. The quantitative estimate of drug-likeness (QED) is 0.201. The van der Waals surface area contributed by atoms with Gasteiger partial charge in [0.25, 0.3) is 0 Å². The molecule has 0 aliphatic rings. The van der Waals surface area contributed by atoms with Crippen molar-refractivity contribution >= 4 is 23.9 Å². The highest BCUT2D eigenvalue weighted by Crippen LogP contribution is 2.38. The van der Waals surface area contributed by atoms with Gasteiger partial charge in [0.2, 0.25) is 11.8 Å². The Labute approximate surface area is 287 Å². The molecule has 48 heavy (non-hydrogen) atoms. The summed E-state index contributed by atoms with van der Waals surface area (Å²) in [4.78, 5) is 57.5. The molecule has 0 bridgehead atoms. The summed E-state index contributed by atoms with van der Waals surface area (Å²) in [5.41, 5.74) is -1.10. The van der Waals surface area contributed by atoms with Gasteiger partial charge < -0.3 is 30.1 Å². The topological polar surface area (TPSA) is 134 Å². The van der Waals surface area contributed by atoms with Crippen LogP contribution in [-0.4, -0.2) is 62.7 Å². The van der Waals surface area contributed by atoms with E-state index in [0.717, 1.165) is 5.56 Å². The molecule has 0 heterocycles. The Balaban J connectivity index is 2.76. The summed E-state index contributed by atoms with van der Waals surface area (Å²) < 4.78 is 11.2. The van der Waals surface area contributed by atoms with Crippen molar-refractivity contribution in [1.29, 1.82) is 0 Å². The number of rotatable bonds is 13. The highest BCUT2D eigenvalue weighted by Gasteiger charge is 2.45. The van der Waals surface area contributed by atoms with E-state index in [1.165, 1.54) is 4.90 Å². The summed E-state index contributed by atoms with van der Waals surface area (Å²) >= 11 is 0. The molecular weight excluding hydrogens is 610 g/mol. The van der Waals surface area contributed by atoms with E-state index < -0.39 is 58.7 Å². The van der Waals surface area contributed by atoms with E-state index in [-0.39, 0.29) is 30.1 Å². The molecule has 10 nitrogen and oxygen atoms in total. The molecule has 2 aromatic rings. The van der Waals surface area contributed by atoms with Gasteiger partial charge in [0, 0.05) is 17.5 Å². The molecule has 3 N–H and O–H groups in total. The summed E-state index contributed by atoms with van der Waals surface area (Å²) in [6, 6.07) is 10.7. The molecule has 2 rings (SSSR count). The predicted octanol–water partition coefficient (Wildman–Crippen LogP) is 6.77. The van der Waals surface area contributed by atoms with E-state index in [1.807, 2.05) is 65.0 Å². The fraction of sp³-hybridized carbons (Fsp3) is 0.579. The van der Waals surface area contributed by atoms with Crippen LogP contribution in [0.25, 0.3) is 0 Å². The van der Waals surface area contributed by atoms with Crippen molar-refractivity contribution < 1.29 is 33.8 Å². The van der Waals surface area contributed by atoms with Crippen molar-refractivity contribution in [1.82, 2.24) is 15.5 Å². The van der Waals surface area contributed by atoms with Crippen molar-refractivity contribution in [2.24, 2.45) is 5.92 Å². The van der Waals surface area contributed by atoms with Gasteiger partial charge in [0.15, 0.2) is 0 Å². The van der Waals surface area contributed by atoms with Crippen LogP contribution in [0.3, 0.4) is 0 Å². The van der Waals surface area contributed by atoms with Gasteiger partial charge in [-0.2, -0.15) is 0 Å². The zero-order chi connectivity index (χ0) is 36.6. The summed E-state index contributed by atoms with van der Waals surface area (Å²) in [5, 5.41) is 17.0. The van der Waals surface area contributed by atoms with Crippen molar-refractivity contribution in [2.45, 2.75) is 137 Å². The Bertz CT molecular complexity index is 1410. The van der Waals surface area contributed by atoms with E-state index in [4.69, 9.17) is 9.47 Å². The average molecular weight is 668 g/mol. The Morgan fingerprint density at radius 3 is 1.92 bits per heavy atom. The number of benzene rings is 2. The second-order valence-electron chi connectivity index (χ2n) is 15.4. The number of aryl methyl sites for hydroxylation is 1. The predicted molar refractivity (Wildman–Crippen MR) is 187 cm³/mol. The number of nitrogens with zero attached hydrogens (tertiary/aromatic N) is 1. The zero-order valence-electron chi connectivity index (χ0n) is 30.9.